The lowest BCUT2D eigenvalue weighted by Crippen LogP contribution is -2.58. The number of rotatable bonds is 3. The van der Waals surface area contributed by atoms with Crippen molar-refractivity contribution in [3.63, 3.8) is 0 Å². The van der Waals surface area contributed by atoms with Crippen LogP contribution in [0.15, 0.2) is 0 Å². The van der Waals surface area contributed by atoms with Crippen molar-refractivity contribution in [2.24, 2.45) is 5.73 Å². The molecule has 0 aromatic rings. The Hall–Kier alpha value is -0.160. The second-order valence-corrected chi connectivity index (χ2v) is 4.99. The first-order chi connectivity index (χ1) is 6.37. The molecule has 1 unspecified atom stereocenters. The van der Waals surface area contributed by atoms with Crippen molar-refractivity contribution in [2.75, 3.05) is 32.8 Å². The van der Waals surface area contributed by atoms with Crippen LogP contribution in [0.25, 0.3) is 0 Å². The summed E-state index contributed by atoms with van der Waals surface area (Å²) in [6, 6.07) is 0. The van der Waals surface area contributed by atoms with E-state index in [4.69, 9.17) is 10.5 Å². The standard InChI is InChI=1S/C10H22N2O2/c1-9(2)8-14-5-4-12(9)7-10(3,13)6-11/h13H,4-8,11H2,1-3H3. The van der Waals surface area contributed by atoms with E-state index < -0.39 is 5.60 Å². The minimum absolute atomic E-state index is 0.00257. The SMILES string of the molecule is CC(O)(CN)CN1CCOCC1(C)C. The zero-order valence-corrected chi connectivity index (χ0v) is 9.42. The summed E-state index contributed by atoms with van der Waals surface area (Å²) in [5.41, 5.74) is 4.70. The van der Waals surface area contributed by atoms with E-state index in [1.54, 1.807) is 6.92 Å². The lowest BCUT2D eigenvalue weighted by atomic mass is 9.98. The van der Waals surface area contributed by atoms with Crippen LogP contribution >= 0.6 is 0 Å². The van der Waals surface area contributed by atoms with Crippen LogP contribution in [0.5, 0.6) is 0 Å². The molecule has 4 nitrogen and oxygen atoms in total. The van der Waals surface area contributed by atoms with Crippen molar-refractivity contribution < 1.29 is 9.84 Å². The highest BCUT2D eigenvalue weighted by Gasteiger charge is 2.34. The Kier molecular flexibility index (Phi) is 3.53. The lowest BCUT2D eigenvalue weighted by Gasteiger charge is -2.44. The van der Waals surface area contributed by atoms with Gasteiger partial charge in [0, 0.05) is 25.2 Å². The molecule has 1 aliphatic rings. The third-order valence-electron chi connectivity index (χ3n) is 2.79. The van der Waals surface area contributed by atoms with Crippen molar-refractivity contribution in [1.82, 2.24) is 4.90 Å². The number of hydrogen-bond donors (Lipinski definition) is 2. The highest BCUT2D eigenvalue weighted by molar-refractivity contribution is 4.89. The first-order valence-corrected chi connectivity index (χ1v) is 5.13. The topological polar surface area (TPSA) is 58.7 Å². The number of aliphatic hydroxyl groups is 1. The summed E-state index contributed by atoms with van der Waals surface area (Å²) in [5, 5.41) is 9.90. The van der Waals surface area contributed by atoms with Gasteiger partial charge in [-0.05, 0) is 20.8 Å². The third kappa shape index (κ3) is 2.92. The van der Waals surface area contributed by atoms with Crippen LogP contribution in [0.1, 0.15) is 20.8 Å². The van der Waals surface area contributed by atoms with Gasteiger partial charge in [0.1, 0.15) is 0 Å². The van der Waals surface area contributed by atoms with E-state index in [1.807, 2.05) is 0 Å². The molecule has 1 fully saturated rings. The normalized spacial score (nSPS) is 27.2. The molecule has 1 saturated heterocycles. The van der Waals surface area contributed by atoms with Gasteiger partial charge in [0.2, 0.25) is 0 Å². The van der Waals surface area contributed by atoms with Gasteiger partial charge in [-0.25, -0.2) is 0 Å². The molecule has 1 aliphatic heterocycles. The van der Waals surface area contributed by atoms with Crippen LogP contribution in [0.3, 0.4) is 0 Å². The van der Waals surface area contributed by atoms with E-state index >= 15 is 0 Å². The predicted octanol–water partition coefficient (Wildman–Crippen LogP) is -0.193. The highest BCUT2D eigenvalue weighted by atomic mass is 16.5. The highest BCUT2D eigenvalue weighted by Crippen LogP contribution is 2.21. The van der Waals surface area contributed by atoms with Gasteiger partial charge in [-0.15, -0.1) is 0 Å². The van der Waals surface area contributed by atoms with Crippen LogP contribution in [-0.4, -0.2) is 54.0 Å². The number of ether oxygens (including phenoxy) is 1. The Bertz CT molecular complexity index is 193. The maximum absolute atomic E-state index is 9.90. The zero-order chi connectivity index (χ0) is 10.8. The minimum Gasteiger partial charge on any atom is -0.388 e. The average molecular weight is 202 g/mol. The quantitative estimate of drug-likeness (QED) is 0.666. The molecule has 14 heavy (non-hydrogen) atoms. The summed E-state index contributed by atoms with van der Waals surface area (Å²) in [6.07, 6.45) is 0. The second kappa shape index (κ2) is 4.14. The van der Waals surface area contributed by atoms with Crippen molar-refractivity contribution in [2.45, 2.75) is 31.9 Å². The monoisotopic (exact) mass is 202 g/mol. The maximum Gasteiger partial charge on any atom is 0.0867 e. The zero-order valence-electron chi connectivity index (χ0n) is 9.42. The fourth-order valence-electron chi connectivity index (χ4n) is 1.66. The Morgan fingerprint density at radius 2 is 2.21 bits per heavy atom. The van der Waals surface area contributed by atoms with Crippen molar-refractivity contribution in [3.05, 3.63) is 0 Å². The third-order valence-corrected chi connectivity index (χ3v) is 2.79. The number of morpholine rings is 1. The number of nitrogens with two attached hydrogens (primary N) is 1. The van der Waals surface area contributed by atoms with Gasteiger partial charge < -0.3 is 15.6 Å². The summed E-state index contributed by atoms with van der Waals surface area (Å²) >= 11 is 0. The molecular weight excluding hydrogens is 180 g/mol. The Balaban J connectivity index is 2.58. The minimum atomic E-state index is -0.797. The average Bonchev–Trinajstić information content (AvgIpc) is 2.09. The van der Waals surface area contributed by atoms with Gasteiger partial charge in [0.05, 0.1) is 18.8 Å². The molecule has 0 spiro atoms. The van der Waals surface area contributed by atoms with Gasteiger partial charge >= 0.3 is 0 Å². The Morgan fingerprint density at radius 1 is 1.57 bits per heavy atom. The van der Waals surface area contributed by atoms with Crippen LogP contribution in [0.4, 0.5) is 0 Å². The van der Waals surface area contributed by atoms with E-state index in [1.165, 1.54) is 0 Å². The van der Waals surface area contributed by atoms with E-state index in [9.17, 15) is 5.11 Å². The van der Waals surface area contributed by atoms with Gasteiger partial charge in [-0.3, -0.25) is 4.90 Å². The molecule has 84 valence electrons. The summed E-state index contributed by atoms with van der Waals surface area (Å²) in [7, 11) is 0. The first kappa shape index (κ1) is 11.9. The molecule has 0 amide bonds. The van der Waals surface area contributed by atoms with Crippen LogP contribution in [0.2, 0.25) is 0 Å². The van der Waals surface area contributed by atoms with Crippen molar-refractivity contribution in [1.29, 1.82) is 0 Å². The molecule has 1 heterocycles. The number of β-amino-alcohol motifs (C(OH)–C–C–N with tert-alkyl or cyclic N) is 1. The summed E-state index contributed by atoms with van der Waals surface area (Å²) in [5.74, 6) is 0. The van der Waals surface area contributed by atoms with E-state index in [2.05, 4.69) is 18.7 Å². The van der Waals surface area contributed by atoms with Crippen molar-refractivity contribution in [3.8, 4) is 0 Å². The summed E-state index contributed by atoms with van der Waals surface area (Å²) < 4.78 is 5.41. The van der Waals surface area contributed by atoms with E-state index in [0.717, 1.165) is 13.2 Å². The molecule has 0 bridgehead atoms. The molecule has 1 atom stereocenters. The molecule has 1 rings (SSSR count). The van der Waals surface area contributed by atoms with E-state index in [0.29, 0.717) is 19.7 Å². The smallest absolute Gasteiger partial charge is 0.0867 e. The molecule has 0 radical (unpaired) electrons. The number of nitrogens with zero attached hydrogens (tertiary/aromatic N) is 1. The first-order valence-electron chi connectivity index (χ1n) is 5.13. The molecule has 0 saturated carbocycles. The second-order valence-electron chi connectivity index (χ2n) is 4.99. The molecule has 0 aliphatic carbocycles. The van der Waals surface area contributed by atoms with Crippen LogP contribution < -0.4 is 5.73 Å². The Morgan fingerprint density at radius 3 is 2.71 bits per heavy atom. The lowest BCUT2D eigenvalue weighted by molar-refractivity contribution is -0.0841. The van der Waals surface area contributed by atoms with Crippen LogP contribution in [-0.2, 0) is 4.74 Å². The summed E-state index contributed by atoms with van der Waals surface area (Å²) in [6.45, 7) is 9.25. The molecule has 0 aromatic carbocycles. The number of hydrogen-bond acceptors (Lipinski definition) is 4. The molecule has 0 aromatic heterocycles. The van der Waals surface area contributed by atoms with E-state index in [-0.39, 0.29) is 5.54 Å². The predicted molar refractivity (Wildman–Crippen MR) is 56.1 cm³/mol. The van der Waals surface area contributed by atoms with Gasteiger partial charge in [-0.1, -0.05) is 0 Å². The van der Waals surface area contributed by atoms with Crippen molar-refractivity contribution >= 4 is 0 Å². The molecular formula is C10H22N2O2. The maximum atomic E-state index is 9.90. The Labute approximate surface area is 86.0 Å². The van der Waals surface area contributed by atoms with Gasteiger partial charge in [-0.2, -0.15) is 0 Å². The largest absolute Gasteiger partial charge is 0.388 e. The fraction of sp³-hybridized carbons (Fsp3) is 1.00. The van der Waals surface area contributed by atoms with Gasteiger partial charge in [0.15, 0.2) is 0 Å². The summed E-state index contributed by atoms with van der Waals surface area (Å²) in [4.78, 5) is 2.24. The molecule has 4 heteroatoms. The molecule has 3 N–H and O–H groups in total. The van der Waals surface area contributed by atoms with Gasteiger partial charge in [0.25, 0.3) is 0 Å². The van der Waals surface area contributed by atoms with Crippen LogP contribution in [0, 0.1) is 0 Å². The fourth-order valence-corrected chi connectivity index (χ4v) is 1.66.